The van der Waals surface area contributed by atoms with E-state index in [4.69, 9.17) is 0 Å². The van der Waals surface area contributed by atoms with E-state index in [1.807, 2.05) is 17.6 Å². The Kier molecular flexibility index (Phi) is 3.30. The van der Waals surface area contributed by atoms with Crippen molar-refractivity contribution in [3.05, 3.63) is 35.4 Å². The van der Waals surface area contributed by atoms with E-state index in [1.54, 1.807) is 6.07 Å². The molecule has 0 fully saturated rings. The number of halogens is 1. The molecule has 1 aromatic carbocycles. The van der Waals surface area contributed by atoms with Crippen LogP contribution in [-0.4, -0.2) is 21.3 Å². The monoisotopic (exact) mass is 274 g/mol. The second-order valence-electron chi connectivity index (χ2n) is 5.69. The van der Waals surface area contributed by atoms with Crippen molar-refractivity contribution < 1.29 is 4.39 Å². The first kappa shape index (κ1) is 13.2. The standard InChI is InChI=1S/C15H19FN4/c1-9(2)13-15-19-18-14(20(15)7-6-17-13)11-5-4-10(3)8-12(11)16/h4-5,8-9,13,17H,6-7H2,1-3H3. The van der Waals surface area contributed by atoms with E-state index in [0.29, 0.717) is 17.3 Å². The minimum atomic E-state index is -0.236. The van der Waals surface area contributed by atoms with Gasteiger partial charge in [-0.25, -0.2) is 4.39 Å². The van der Waals surface area contributed by atoms with Crippen LogP contribution in [0.5, 0.6) is 0 Å². The van der Waals surface area contributed by atoms with Crippen LogP contribution in [0.25, 0.3) is 11.4 Å². The number of aromatic nitrogens is 3. The molecule has 3 rings (SSSR count). The van der Waals surface area contributed by atoms with Crippen LogP contribution in [0.2, 0.25) is 0 Å². The van der Waals surface area contributed by atoms with Gasteiger partial charge in [0.15, 0.2) is 11.6 Å². The molecule has 106 valence electrons. The fourth-order valence-electron chi connectivity index (χ4n) is 2.72. The minimum absolute atomic E-state index is 0.179. The quantitative estimate of drug-likeness (QED) is 0.915. The van der Waals surface area contributed by atoms with Crippen LogP contribution in [-0.2, 0) is 6.54 Å². The Morgan fingerprint density at radius 3 is 2.85 bits per heavy atom. The Bertz CT molecular complexity index is 633. The van der Waals surface area contributed by atoms with Crippen LogP contribution in [0.3, 0.4) is 0 Å². The van der Waals surface area contributed by atoms with Gasteiger partial charge in [-0.1, -0.05) is 19.9 Å². The topological polar surface area (TPSA) is 42.7 Å². The Labute approximate surface area is 118 Å². The predicted molar refractivity (Wildman–Crippen MR) is 75.7 cm³/mol. The molecule has 0 spiro atoms. The molecule has 2 aromatic rings. The number of hydrogen-bond donors (Lipinski definition) is 1. The molecule has 1 aliphatic heterocycles. The van der Waals surface area contributed by atoms with Gasteiger partial charge in [-0.05, 0) is 30.5 Å². The second kappa shape index (κ2) is 4.98. The molecular weight excluding hydrogens is 255 g/mol. The van der Waals surface area contributed by atoms with Gasteiger partial charge in [-0.15, -0.1) is 10.2 Å². The van der Waals surface area contributed by atoms with E-state index in [0.717, 1.165) is 24.5 Å². The Morgan fingerprint density at radius 2 is 2.15 bits per heavy atom. The van der Waals surface area contributed by atoms with Gasteiger partial charge in [0, 0.05) is 13.1 Å². The summed E-state index contributed by atoms with van der Waals surface area (Å²) in [7, 11) is 0. The minimum Gasteiger partial charge on any atom is -0.308 e. The van der Waals surface area contributed by atoms with Crippen LogP contribution in [0.4, 0.5) is 4.39 Å². The molecule has 0 bridgehead atoms. The third-order valence-electron chi connectivity index (χ3n) is 3.79. The number of nitrogens with one attached hydrogen (secondary N) is 1. The highest BCUT2D eigenvalue weighted by Crippen LogP contribution is 2.29. The summed E-state index contributed by atoms with van der Waals surface area (Å²) < 4.78 is 16.2. The lowest BCUT2D eigenvalue weighted by atomic mass is 10.0. The summed E-state index contributed by atoms with van der Waals surface area (Å²) in [5.41, 5.74) is 1.44. The third-order valence-corrected chi connectivity index (χ3v) is 3.79. The van der Waals surface area contributed by atoms with Gasteiger partial charge in [0.25, 0.3) is 0 Å². The first-order valence-corrected chi connectivity index (χ1v) is 7.01. The summed E-state index contributed by atoms with van der Waals surface area (Å²) in [5, 5.41) is 12.0. The summed E-state index contributed by atoms with van der Waals surface area (Å²) in [6.45, 7) is 7.80. The first-order valence-electron chi connectivity index (χ1n) is 7.01. The van der Waals surface area contributed by atoms with Crippen molar-refractivity contribution in [1.82, 2.24) is 20.1 Å². The van der Waals surface area contributed by atoms with Crippen molar-refractivity contribution in [2.24, 2.45) is 5.92 Å². The zero-order chi connectivity index (χ0) is 14.3. The fourth-order valence-corrected chi connectivity index (χ4v) is 2.72. The average molecular weight is 274 g/mol. The van der Waals surface area contributed by atoms with Gasteiger partial charge in [0.2, 0.25) is 0 Å². The van der Waals surface area contributed by atoms with E-state index >= 15 is 0 Å². The summed E-state index contributed by atoms with van der Waals surface area (Å²) in [6.07, 6.45) is 0. The van der Waals surface area contributed by atoms with Crippen LogP contribution in [0.15, 0.2) is 18.2 Å². The summed E-state index contributed by atoms with van der Waals surface area (Å²) in [5.74, 6) is 1.72. The molecule has 2 heterocycles. The number of rotatable bonds is 2. The fraction of sp³-hybridized carbons (Fsp3) is 0.467. The molecule has 4 nitrogen and oxygen atoms in total. The molecule has 0 saturated heterocycles. The Morgan fingerprint density at radius 1 is 1.35 bits per heavy atom. The maximum atomic E-state index is 14.1. The molecule has 0 saturated carbocycles. The van der Waals surface area contributed by atoms with Crippen LogP contribution in [0, 0.1) is 18.7 Å². The summed E-state index contributed by atoms with van der Waals surface area (Å²) in [6, 6.07) is 5.41. The Balaban J connectivity index is 2.08. The molecule has 1 N–H and O–H groups in total. The number of hydrogen-bond acceptors (Lipinski definition) is 3. The van der Waals surface area contributed by atoms with Crippen molar-refractivity contribution in [1.29, 1.82) is 0 Å². The molecular formula is C15H19FN4. The highest BCUT2D eigenvalue weighted by molar-refractivity contribution is 5.57. The highest BCUT2D eigenvalue weighted by Gasteiger charge is 2.28. The third kappa shape index (κ3) is 2.12. The summed E-state index contributed by atoms with van der Waals surface area (Å²) in [4.78, 5) is 0. The Hall–Kier alpha value is -1.75. The van der Waals surface area contributed by atoms with E-state index in [1.165, 1.54) is 6.07 Å². The van der Waals surface area contributed by atoms with Gasteiger partial charge < -0.3 is 9.88 Å². The van der Waals surface area contributed by atoms with Gasteiger partial charge in [-0.2, -0.15) is 0 Å². The highest BCUT2D eigenvalue weighted by atomic mass is 19.1. The van der Waals surface area contributed by atoms with Crippen molar-refractivity contribution in [3.8, 4) is 11.4 Å². The molecule has 1 aliphatic rings. The zero-order valence-corrected chi connectivity index (χ0v) is 12.0. The predicted octanol–water partition coefficient (Wildman–Crippen LogP) is 2.69. The van der Waals surface area contributed by atoms with Gasteiger partial charge in [0.05, 0.1) is 11.6 Å². The van der Waals surface area contributed by atoms with Crippen LogP contribution < -0.4 is 5.32 Å². The molecule has 0 aliphatic carbocycles. The largest absolute Gasteiger partial charge is 0.308 e. The zero-order valence-electron chi connectivity index (χ0n) is 12.0. The smallest absolute Gasteiger partial charge is 0.167 e. The lowest BCUT2D eigenvalue weighted by Gasteiger charge is -2.27. The second-order valence-corrected chi connectivity index (χ2v) is 5.69. The molecule has 20 heavy (non-hydrogen) atoms. The van der Waals surface area contributed by atoms with Crippen LogP contribution >= 0.6 is 0 Å². The number of aryl methyl sites for hydroxylation is 1. The van der Waals surface area contributed by atoms with Crippen molar-refractivity contribution in [2.75, 3.05) is 6.54 Å². The van der Waals surface area contributed by atoms with Crippen molar-refractivity contribution in [2.45, 2.75) is 33.4 Å². The lowest BCUT2D eigenvalue weighted by molar-refractivity contribution is 0.339. The lowest BCUT2D eigenvalue weighted by Crippen LogP contribution is -2.36. The number of nitrogens with zero attached hydrogens (tertiary/aromatic N) is 3. The molecule has 1 unspecified atom stereocenters. The molecule has 0 radical (unpaired) electrons. The first-order chi connectivity index (χ1) is 9.58. The van der Waals surface area contributed by atoms with Crippen molar-refractivity contribution in [3.63, 3.8) is 0 Å². The van der Waals surface area contributed by atoms with E-state index in [9.17, 15) is 4.39 Å². The maximum Gasteiger partial charge on any atom is 0.167 e. The SMILES string of the molecule is Cc1ccc(-c2nnc3n2CCNC3C(C)C)c(F)c1. The van der Waals surface area contributed by atoms with E-state index in [2.05, 4.69) is 29.4 Å². The van der Waals surface area contributed by atoms with Gasteiger partial charge >= 0.3 is 0 Å². The summed E-state index contributed by atoms with van der Waals surface area (Å²) >= 11 is 0. The van der Waals surface area contributed by atoms with Gasteiger partial charge in [0.1, 0.15) is 5.82 Å². The number of benzene rings is 1. The molecule has 1 atom stereocenters. The maximum absolute atomic E-state index is 14.1. The van der Waals surface area contributed by atoms with Gasteiger partial charge in [-0.3, -0.25) is 0 Å². The van der Waals surface area contributed by atoms with E-state index < -0.39 is 0 Å². The number of fused-ring (bicyclic) bond motifs is 1. The van der Waals surface area contributed by atoms with Crippen molar-refractivity contribution >= 4 is 0 Å². The molecule has 0 amide bonds. The average Bonchev–Trinajstić information content (AvgIpc) is 2.82. The van der Waals surface area contributed by atoms with Crippen LogP contribution in [0.1, 0.15) is 31.3 Å². The van der Waals surface area contributed by atoms with E-state index in [-0.39, 0.29) is 11.9 Å². The molecule has 1 aromatic heterocycles. The molecule has 5 heteroatoms. The normalized spacial score (nSPS) is 18.4.